The number of fused-ring (bicyclic) bond motifs is 3. The van der Waals surface area contributed by atoms with E-state index < -0.39 is 42.1 Å². The molecule has 0 fully saturated rings. The number of hydrogen-bond donors (Lipinski definition) is 2. The fourth-order valence-electron chi connectivity index (χ4n) is 6.05. The maximum Gasteiger partial charge on any atom is 0.410 e. The van der Waals surface area contributed by atoms with Crippen LogP contribution in [0.3, 0.4) is 0 Å². The van der Waals surface area contributed by atoms with Gasteiger partial charge in [-0.3, -0.25) is 19.3 Å². The molecule has 3 rings (SSSR count). The molecule has 4 atom stereocenters. The second kappa shape index (κ2) is 18.3. The van der Waals surface area contributed by atoms with Gasteiger partial charge in [0.1, 0.15) is 12.6 Å². The zero-order valence-corrected chi connectivity index (χ0v) is 28.9. The van der Waals surface area contributed by atoms with E-state index in [9.17, 15) is 24.3 Å². The molecular formula is C36H53N3O7. The summed E-state index contributed by atoms with van der Waals surface area (Å²) in [6.45, 7) is 11.6. The molecule has 46 heavy (non-hydrogen) atoms. The highest BCUT2D eigenvalue weighted by Gasteiger charge is 2.36. The Labute approximate surface area is 274 Å². The molecule has 2 aromatic carbocycles. The summed E-state index contributed by atoms with van der Waals surface area (Å²) in [5.41, 5.74) is 4.43. The summed E-state index contributed by atoms with van der Waals surface area (Å²) in [7, 11) is 4.53. The molecule has 1 aliphatic carbocycles. The number of nitrogens with one attached hydrogen (secondary N) is 1. The van der Waals surface area contributed by atoms with E-state index in [0.29, 0.717) is 6.42 Å². The Hall–Kier alpha value is -3.92. The lowest BCUT2D eigenvalue weighted by Crippen LogP contribution is -2.55. The molecule has 0 aliphatic heterocycles. The molecule has 254 valence electrons. The second-order valence-electron chi connectivity index (χ2n) is 12.3. The smallest absolute Gasteiger partial charge is 0.410 e. The standard InChI is InChI=1S/C33H45N3O7.C3H8/c1-8-21(4)31(27(42-7)17-29(38)39)35(5)28(37)18-34-32(40)30(20(2)3)36(6)33(41)43-19-26-24-15-11-9-13-22(24)23-14-10-12-16-25(23)26;1-3-2/h9-16,20-21,26-27,30-31H,8,17-19H2,1-7H3,(H,34,40)(H,38,39);3H2,1-2H3. The van der Waals surface area contributed by atoms with E-state index in [0.717, 1.165) is 22.3 Å². The number of carbonyl (C=O) groups excluding carboxylic acids is 3. The Balaban J connectivity index is 0.00000236. The molecule has 0 heterocycles. The van der Waals surface area contributed by atoms with Crippen LogP contribution < -0.4 is 5.32 Å². The summed E-state index contributed by atoms with van der Waals surface area (Å²) in [6, 6.07) is 14.7. The lowest BCUT2D eigenvalue weighted by Gasteiger charge is -2.37. The number of methoxy groups -OCH3 is 1. The van der Waals surface area contributed by atoms with E-state index in [1.54, 1.807) is 7.05 Å². The first-order chi connectivity index (χ1) is 21.8. The van der Waals surface area contributed by atoms with Crippen molar-refractivity contribution in [2.75, 3.05) is 34.4 Å². The number of carboxylic acids is 1. The zero-order valence-electron chi connectivity index (χ0n) is 28.9. The fourth-order valence-corrected chi connectivity index (χ4v) is 6.05. The summed E-state index contributed by atoms with van der Waals surface area (Å²) >= 11 is 0. The topological polar surface area (TPSA) is 125 Å². The maximum absolute atomic E-state index is 13.3. The highest BCUT2D eigenvalue weighted by atomic mass is 16.6. The Morgan fingerprint density at radius 2 is 1.41 bits per heavy atom. The monoisotopic (exact) mass is 639 g/mol. The van der Waals surface area contributed by atoms with Crippen molar-refractivity contribution in [3.63, 3.8) is 0 Å². The van der Waals surface area contributed by atoms with E-state index in [-0.39, 0.29) is 37.3 Å². The minimum Gasteiger partial charge on any atom is -0.481 e. The van der Waals surface area contributed by atoms with Gasteiger partial charge in [0.15, 0.2) is 0 Å². The lowest BCUT2D eigenvalue weighted by atomic mass is 9.91. The number of benzene rings is 2. The first-order valence-electron chi connectivity index (χ1n) is 16.2. The van der Waals surface area contributed by atoms with Gasteiger partial charge in [0.05, 0.1) is 25.1 Å². The lowest BCUT2D eigenvalue weighted by molar-refractivity contribution is -0.145. The Morgan fingerprint density at radius 3 is 1.87 bits per heavy atom. The van der Waals surface area contributed by atoms with Crippen LogP contribution in [-0.2, 0) is 23.9 Å². The summed E-state index contributed by atoms with van der Waals surface area (Å²) < 4.78 is 11.2. The summed E-state index contributed by atoms with van der Waals surface area (Å²) in [5, 5.41) is 12.0. The van der Waals surface area contributed by atoms with Gasteiger partial charge in [-0.05, 0) is 34.1 Å². The van der Waals surface area contributed by atoms with Crippen LogP contribution in [0, 0.1) is 11.8 Å². The van der Waals surface area contributed by atoms with Crippen LogP contribution in [-0.4, -0.2) is 91.3 Å². The van der Waals surface area contributed by atoms with Crippen molar-refractivity contribution in [2.45, 2.75) is 84.9 Å². The van der Waals surface area contributed by atoms with E-state index in [2.05, 4.69) is 31.3 Å². The predicted molar refractivity (Wildman–Crippen MR) is 179 cm³/mol. The van der Waals surface area contributed by atoms with E-state index >= 15 is 0 Å². The van der Waals surface area contributed by atoms with E-state index in [1.165, 1.54) is 30.4 Å². The minimum atomic E-state index is -1.02. The van der Waals surface area contributed by atoms with Gasteiger partial charge in [0, 0.05) is 27.1 Å². The molecule has 10 nitrogen and oxygen atoms in total. The number of carboxylic acid groups (broad SMARTS) is 1. The number of hydrogen-bond acceptors (Lipinski definition) is 6. The predicted octanol–water partition coefficient (Wildman–Crippen LogP) is 5.79. The summed E-state index contributed by atoms with van der Waals surface area (Å²) in [6.07, 6.45) is 0.359. The van der Waals surface area contributed by atoms with Gasteiger partial charge in [0.25, 0.3) is 0 Å². The van der Waals surface area contributed by atoms with Crippen molar-refractivity contribution < 1.29 is 33.8 Å². The largest absolute Gasteiger partial charge is 0.481 e. The number of amides is 3. The van der Waals surface area contributed by atoms with Crippen molar-refractivity contribution in [1.82, 2.24) is 15.1 Å². The molecule has 1 aliphatic rings. The van der Waals surface area contributed by atoms with Crippen molar-refractivity contribution >= 4 is 23.9 Å². The highest BCUT2D eigenvalue weighted by molar-refractivity contribution is 5.89. The van der Waals surface area contributed by atoms with Gasteiger partial charge in [-0.1, -0.05) is 103 Å². The third-order valence-electron chi connectivity index (χ3n) is 8.48. The molecular weight excluding hydrogens is 586 g/mol. The maximum atomic E-state index is 13.3. The average Bonchev–Trinajstić information content (AvgIpc) is 3.35. The van der Waals surface area contributed by atoms with Gasteiger partial charge in [-0.25, -0.2) is 4.79 Å². The van der Waals surface area contributed by atoms with Crippen molar-refractivity contribution in [3.05, 3.63) is 59.7 Å². The number of carbonyl (C=O) groups is 4. The molecule has 0 aromatic heterocycles. The third-order valence-corrected chi connectivity index (χ3v) is 8.48. The van der Waals surface area contributed by atoms with Gasteiger partial charge in [0.2, 0.25) is 11.8 Å². The van der Waals surface area contributed by atoms with Gasteiger partial charge >= 0.3 is 12.1 Å². The SMILES string of the molecule is CCC.CCC(C)C(C(CC(=O)O)OC)N(C)C(=O)CNC(=O)C(C(C)C)N(C)C(=O)OCC1c2ccccc2-c2ccccc21. The molecule has 3 amide bonds. The van der Waals surface area contributed by atoms with Crippen molar-refractivity contribution in [2.24, 2.45) is 11.8 Å². The number of rotatable bonds is 14. The first kappa shape index (κ1) is 38.3. The molecule has 0 radical (unpaired) electrons. The van der Waals surface area contributed by atoms with Crippen molar-refractivity contribution in [3.8, 4) is 11.1 Å². The molecule has 0 saturated heterocycles. The Bertz CT molecular complexity index is 1270. The molecule has 2 aromatic rings. The van der Waals surface area contributed by atoms with Gasteiger partial charge in [-0.15, -0.1) is 0 Å². The van der Waals surface area contributed by atoms with Gasteiger partial charge in [-0.2, -0.15) is 0 Å². The number of likely N-dealkylation sites (N-methyl/N-ethyl adjacent to an activating group) is 2. The first-order valence-corrected chi connectivity index (χ1v) is 16.2. The van der Waals surface area contributed by atoms with Crippen LogP contribution >= 0.6 is 0 Å². The Morgan fingerprint density at radius 1 is 0.891 bits per heavy atom. The molecule has 4 unspecified atom stereocenters. The van der Waals surface area contributed by atoms with Crippen LogP contribution in [0.4, 0.5) is 4.79 Å². The number of nitrogens with zero attached hydrogens (tertiary/aromatic N) is 2. The van der Waals surface area contributed by atoms with Crippen LogP contribution in [0.15, 0.2) is 48.5 Å². The molecule has 0 bridgehead atoms. The molecule has 2 N–H and O–H groups in total. The molecule has 0 saturated carbocycles. The minimum absolute atomic E-state index is 0.0444. The fraction of sp³-hybridized carbons (Fsp3) is 0.556. The van der Waals surface area contributed by atoms with E-state index in [4.69, 9.17) is 9.47 Å². The van der Waals surface area contributed by atoms with E-state index in [1.807, 2.05) is 64.1 Å². The van der Waals surface area contributed by atoms with Gasteiger partial charge < -0.3 is 24.8 Å². The van der Waals surface area contributed by atoms with Crippen LogP contribution in [0.1, 0.15) is 77.8 Å². The van der Waals surface area contributed by atoms with Crippen LogP contribution in [0.5, 0.6) is 0 Å². The normalized spacial score (nSPS) is 14.5. The Kier molecular flexibility index (Phi) is 15.2. The third kappa shape index (κ3) is 9.55. The second-order valence-corrected chi connectivity index (χ2v) is 12.3. The van der Waals surface area contributed by atoms with Crippen molar-refractivity contribution in [1.29, 1.82) is 0 Å². The molecule has 10 heteroatoms. The number of aliphatic carboxylic acids is 1. The number of ether oxygens (including phenoxy) is 2. The van der Waals surface area contributed by atoms with Crippen LogP contribution in [0.25, 0.3) is 11.1 Å². The quantitative estimate of drug-likeness (QED) is 0.268. The zero-order chi connectivity index (χ0) is 34.6. The average molecular weight is 640 g/mol. The summed E-state index contributed by atoms with van der Waals surface area (Å²) in [4.78, 5) is 53.8. The molecule has 0 spiro atoms. The highest BCUT2D eigenvalue weighted by Crippen LogP contribution is 2.44. The van der Waals surface area contributed by atoms with Crippen LogP contribution in [0.2, 0.25) is 0 Å². The summed E-state index contributed by atoms with van der Waals surface area (Å²) in [5.74, 6) is -2.32.